The minimum Gasteiger partial charge on any atom is -0.360 e. The Morgan fingerprint density at radius 2 is 2.17 bits per heavy atom. The lowest BCUT2D eigenvalue weighted by Gasteiger charge is -2.06. The largest absolute Gasteiger partial charge is 0.360 e. The number of nitro groups is 1. The van der Waals surface area contributed by atoms with Gasteiger partial charge < -0.3 is 5.32 Å². The molecule has 0 aliphatic carbocycles. The standard InChI is InChI=1S/C12H13N3O2S/c1-8-6-18-7-10(8)5-13-12-11(15(16)17)4-3-9(2)14-12/h3-4,6-7H,5H2,1-2H3,(H,13,14). The van der Waals surface area contributed by atoms with Crippen LogP contribution in [-0.4, -0.2) is 9.91 Å². The molecule has 2 rings (SSSR count). The van der Waals surface area contributed by atoms with Crippen LogP contribution in [0, 0.1) is 24.0 Å². The van der Waals surface area contributed by atoms with Gasteiger partial charge in [0.1, 0.15) is 0 Å². The number of hydrogen-bond acceptors (Lipinski definition) is 5. The summed E-state index contributed by atoms with van der Waals surface area (Å²) in [4.78, 5) is 14.6. The lowest BCUT2D eigenvalue weighted by molar-refractivity contribution is -0.384. The lowest BCUT2D eigenvalue weighted by Crippen LogP contribution is -2.05. The number of hydrogen-bond donors (Lipinski definition) is 1. The zero-order chi connectivity index (χ0) is 13.1. The van der Waals surface area contributed by atoms with Gasteiger partial charge in [0.15, 0.2) is 0 Å². The van der Waals surface area contributed by atoms with Crippen LogP contribution in [0.5, 0.6) is 0 Å². The highest BCUT2D eigenvalue weighted by atomic mass is 32.1. The molecule has 0 aromatic carbocycles. The van der Waals surface area contributed by atoms with E-state index < -0.39 is 4.92 Å². The van der Waals surface area contributed by atoms with Gasteiger partial charge in [0.05, 0.1) is 4.92 Å². The second-order valence-corrected chi connectivity index (χ2v) is 4.75. The normalized spacial score (nSPS) is 10.3. The molecule has 2 heterocycles. The van der Waals surface area contributed by atoms with Crippen LogP contribution >= 0.6 is 11.3 Å². The predicted molar refractivity (Wildman–Crippen MR) is 72.0 cm³/mol. The van der Waals surface area contributed by atoms with Crippen molar-refractivity contribution in [3.63, 3.8) is 0 Å². The summed E-state index contributed by atoms with van der Waals surface area (Å²) in [6.07, 6.45) is 0. The van der Waals surface area contributed by atoms with Gasteiger partial charge in [-0.05, 0) is 41.8 Å². The van der Waals surface area contributed by atoms with E-state index in [2.05, 4.69) is 15.7 Å². The van der Waals surface area contributed by atoms with E-state index in [1.807, 2.05) is 19.2 Å². The van der Waals surface area contributed by atoms with Crippen LogP contribution < -0.4 is 5.32 Å². The van der Waals surface area contributed by atoms with Crippen molar-refractivity contribution in [2.24, 2.45) is 0 Å². The molecule has 6 heteroatoms. The molecular formula is C12H13N3O2S. The Balaban J connectivity index is 2.20. The first-order valence-corrected chi connectivity index (χ1v) is 6.40. The predicted octanol–water partition coefficient (Wildman–Crippen LogP) is 3.28. The number of nitrogens with zero attached hydrogens (tertiary/aromatic N) is 2. The summed E-state index contributed by atoms with van der Waals surface area (Å²) in [5, 5.41) is 18.0. The van der Waals surface area contributed by atoms with E-state index in [0.717, 1.165) is 11.3 Å². The molecule has 18 heavy (non-hydrogen) atoms. The third-order valence-corrected chi connectivity index (χ3v) is 3.53. The number of thiophene rings is 1. The molecule has 2 aromatic heterocycles. The Hall–Kier alpha value is -1.95. The summed E-state index contributed by atoms with van der Waals surface area (Å²) in [5.74, 6) is 0.325. The summed E-state index contributed by atoms with van der Waals surface area (Å²) in [6.45, 7) is 4.38. The van der Waals surface area contributed by atoms with Crippen molar-refractivity contribution in [3.05, 3.63) is 49.8 Å². The van der Waals surface area contributed by atoms with Gasteiger partial charge in [0.25, 0.3) is 0 Å². The highest BCUT2D eigenvalue weighted by molar-refractivity contribution is 7.08. The van der Waals surface area contributed by atoms with Crippen LogP contribution in [0.3, 0.4) is 0 Å². The molecule has 0 saturated heterocycles. The van der Waals surface area contributed by atoms with E-state index in [1.165, 1.54) is 11.6 Å². The molecule has 1 N–H and O–H groups in total. The zero-order valence-electron chi connectivity index (χ0n) is 10.1. The third kappa shape index (κ3) is 2.65. The average molecular weight is 263 g/mol. The maximum Gasteiger partial charge on any atom is 0.311 e. The molecule has 2 aromatic rings. The molecule has 0 radical (unpaired) electrons. The first-order chi connectivity index (χ1) is 8.58. The SMILES string of the molecule is Cc1ccc([N+](=O)[O-])c(NCc2cscc2C)n1. The van der Waals surface area contributed by atoms with Gasteiger partial charge in [-0.2, -0.15) is 11.3 Å². The Morgan fingerprint density at radius 3 is 2.78 bits per heavy atom. The van der Waals surface area contributed by atoms with Gasteiger partial charge in [-0.3, -0.25) is 10.1 Å². The van der Waals surface area contributed by atoms with E-state index in [9.17, 15) is 10.1 Å². The smallest absolute Gasteiger partial charge is 0.311 e. The average Bonchev–Trinajstić information content (AvgIpc) is 2.72. The Bertz CT molecular complexity index is 580. The van der Waals surface area contributed by atoms with Crippen molar-refractivity contribution in [1.29, 1.82) is 0 Å². The Morgan fingerprint density at radius 1 is 1.39 bits per heavy atom. The molecule has 0 bridgehead atoms. The molecule has 0 aliphatic rings. The van der Waals surface area contributed by atoms with E-state index in [4.69, 9.17) is 0 Å². The molecule has 5 nitrogen and oxygen atoms in total. The van der Waals surface area contributed by atoms with Crippen LogP contribution in [0.25, 0.3) is 0 Å². The van der Waals surface area contributed by atoms with Crippen molar-refractivity contribution in [2.75, 3.05) is 5.32 Å². The molecular weight excluding hydrogens is 250 g/mol. The fourth-order valence-electron chi connectivity index (χ4n) is 1.57. The van der Waals surface area contributed by atoms with Crippen molar-refractivity contribution in [1.82, 2.24) is 4.98 Å². The van der Waals surface area contributed by atoms with E-state index in [-0.39, 0.29) is 5.69 Å². The zero-order valence-corrected chi connectivity index (χ0v) is 11.0. The van der Waals surface area contributed by atoms with Crippen LogP contribution in [0.4, 0.5) is 11.5 Å². The second-order valence-electron chi connectivity index (χ2n) is 4.01. The minimum atomic E-state index is -0.421. The van der Waals surface area contributed by atoms with Crippen molar-refractivity contribution in [2.45, 2.75) is 20.4 Å². The van der Waals surface area contributed by atoms with Gasteiger partial charge >= 0.3 is 5.69 Å². The number of pyridine rings is 1. The minimum absolute atomic E-state index is 0.00785. The highest BCUT2D eigenvalue weighted by Crippen LogP contribution is 2.23. The molecule has 0 atom stereocenters. The number of aryl methyl sites for hydroxylation is 2. The third-order valence-electron chi connectivity index (χ3n) is 2.62. The van der Waals surface area contributed by atoms with E-state index in [1.54, 1.807) is 17.4 Å². The molecule has 0 amide bonds. The topological polar surface area (TPSA) is 68.1 Å². The molecule has 0 saturated carbocycles. The number of anilines is 1. The van der Waals surface area contributed by atoms with E-state index >= 15 is 0 Å². The van der Waals surface area contributed by atoms with Gasteiger partial charge in [-0.15, -0.1) is 0 Å². The molecule has 0 aliphatic heterocycles. The van der Waals surface area contributed by atoms with Crippen LogP contribution in [0.2, 0.25) is 0 Å². The Kier molecular flexibility index (Phi) is 3.57. The summed E-state index contributed by atoms with van der Waals surface area (Å²) in [7, 11) is 0. The fraction of sp³-hybridized carbons (Fsp3) is 0.250. The quantitative estimate of drug-likeness (QED) is 0.679. The highest BCUT2D eigenvalue weighted by Gasteiger charge is 2.15. The van der Waals surface area contributed by atoms with Crippen molar-refractivity contribution < 1.29 is 4.92 Å². The van der Waals surface area contributed by atoms with Crippen molar-refractivity contribution in [3.8, 4) is 0 Å². The number of aromatic nitrogens is 1. The summed E-state index contributed by atoms with van der Waals surface area (Å²) in [5.41, 5.74) is 3.08. The van der Waals surface area contributed by atoms with Gasteiger partial charge in [0.2, 0.25) is 5.82 Å². The summed E-state index contributed by atoms with van der Waals surface area (Å²) in [6, 6.07) is 3.12. The Labute approximate surface area is 109 Å². The maximum atomic E-state index is 10.9. The summed E-state index contributed by atoms with van der Waals surface area (Å²) >= 11 is 1.62. The van der Waals surface area contributed by atoms with E-state index in [0.29, 0.717) is 12.4 Å². The first kappa shape index (κ1) is 12.5. The number of rotatable bonds is 4. The summed E-state index contributed by atoms with van der Waals surface area (Å²) < 4.78 is 0. The van der Waals surface area contributed by atoms with Gasteiger partial charge in [-0.25, -0.2) is 4.98 Å². The monoisotopic (exact) mass is 263 g/mol. The van der Waals surface area contributed by atoms with Gasteiger partial charge in [0, 0.05) is 18.3 Å². The van der Waals surface area contributed by atoms with Crippen LogP contribution in [0.1, 0.15) is 16.8 Å². The van der Waals surface area contributed by atoms with Gasteiger partial charge in [-0.1, -0.05) is 0 Å². The second kappa shape index (κ2) is 5.14. The molecule has 94 valence electrons. The van der Waals surface area contributed by atoms with Crippen LogP contribution in [-0.2, 0) is 6.54 Å². The van der Waals surface area contributed by atoms with Crippen molar-refractivity contribution >= 4 is 22.8 Å². The molecule has 0 fully saturated rings. The first-order valence-electron chi connectivity index (χ1n) is 5.45. The molecule has 0 unspecified atom stereocenters. The fourth-order valence-corrected chi connectivity index (χ4v) is 2.43. The molecule has 0 spiro atoms. The maximum absolute atomic E-state index is 10.9. The number of nitrogens with one attached hydrogen (secondary N) is 1. The van der Waals surface area contributed by atoms with Crippen LogP contribution in [0.15, 0.2) is 22.9 Å². The lowest BCUT2D eigenvalue weighted by atomic mass is 10.2.